The minimum absolute atomic E-state index is 0. The van der Waals surface area contributed by atoms with Gasteiger partial charge in [-0.2, -0.15) is 18.2 Å². The molecule has 0 aliphatic carbocycles. The van der Waals surface area contributed by atoms with Crippen LogP contribution in [0.15, 0.2) is 18.2 Å². The molecule has 0 aliphatic rings. The molecular weight excluding hydrogens is 220 g/mol. The van der Waals surface area contributed by atoms with Gasteiger partial charge in [-0.25, -0.2) is 0 Å². The van der Waals surface area contributed by atoms with Crippen molar-refractivity contribution < 1.29 is 113 Å². The molecule has 0 atom stereocenters. The number of hydrogen-bond acceptors (Lipinski definition) is 3. The molecule has 0 amide bonds. The van der Waals surface area contributed by atoms with Crippen LogP contribution >= 0.6 is 0 Å². The predicted octanol–water partition coefficient (Wildman–Crippen LogP) is -6.10. The fourth-order valence-electron chi connectivity index (χ4n) is 0.738. The van der Waals surface area contributed by atoms with Gasteiger partial charge in [-0.05, 0) is 0 Å². The van der Waals surface area contributed by atoms with Crippen molar-refractivity contribution in [3.05, 3.63) is 29.8 Å². The molecule has 0 fully saturated rings. The van der Waals surface area contributed by atoms with Crippen LogP contribution in [0.3, 0.4) is 0 Å². The number of aromatic carboxylic acids is 1. The maximum absolute atomic E-state index is 10.3. The molecule has 0 saturated carbocycles. The summed E-state index contributed by atoms with van der Waals surface area (Å²) in [6.45, 7) is 0. The van der Waals surface area contributed by atoms with Crippen LogP contribution in [0.1, 0.15) is 10.4 Å². The van der Waals surface area contributed by atoms with Gasteiger partial charge in [0.1, 0.15) is 0 Å². The van der Waals surface area contributed by atoms with Gasteiger partial charge in [0, 0.05) is 13.0 Å². The number of rotatable bonds is 2. The molecule has 0 aliphatic heterocycles. The molecule has 0 spiro atoms. The topological polar surface area (TPSA) is 52.2 Å². The van der Waals surface area contributed by atoms with E-state index in [9.17, 15) is 9.90 Å². The summed E-state index contributed by atoms with van der Waals surface area (Å²) < 4.78 is 0. The van der Waals surface area contributed by atoms with E-state index in [1.807, 2.05) is 0 Å². The molecule has 0 saturated heterocycles. The smallest absolute Gasteiger partial charge is 0.547 e. The van der Waals surface area contributed by atoms with Gasteiger partial charge in [-0.3, -0.25) is 0 Å². The molecule has 0 heterocycles. The Bertz CT molecular complexity index is 279. The van der Waals surface area contributed by atoms with E-state index in [1.54, 1.807) is 7.05 Å². The SMILES string of the molecule is CNc1[c-]ccc(C(=O)[O-])c1.[K+].[K+]. The van der Waals surface area contributed by atoms with Crippen LogP contribution in [0.4, 0.5) is 5.69 Å². The van der Waals surface area contributed by atoms with Gasteiger partial charge in [0.25, 0.3) is 0 Å². The van der Waals surface area contributed by atoms with E-state index < -0.39 is 5.97 Å². The van der Waals surface area contributed by atoms with Crippen molar-refractivity contribution in [3.63, 3.8) is 0 Å². The number of hydrogen-bond donors (Lipinski definition) is 1. The summed E-state index contributed by atoms with van der Waals surface area (Å²) in [7, 11) is 1.70. The zero-order valence-electron chi connectivity index (χ0n) is 8.05. The van der Waals surface area contributed by atoms with Gasteiger partial charge in [0.15, 0.2) is 0 Å². The van der Waals surface area contributed by atoms with Gasteiger partial charge in [-0.15, -0.1) is 11.6 Å². The maximum atomic E-state index is 10.3. The average Bonchev–Trinajstić information content (AvgIpc) is 2.05. The second-order valence-electron chi connectivity index (χ2n) is 2.03. The third kappa shape index (κ3) is 6.04. The van der Waals surface area contributed by atoms with Crippen molar-refractivity contribution in [2.24, 2.45) is 0 Å². The summed E-state index contributed by atoms with van der Waals surface area (Å²) in [6, 6.07) is 7.26. The Labute approximate surface area is 163 Å². The van der Waals surface area contributed by atoms with Crippen molar-refractivity contribution in [2.75, 3.05) is 12.4 Å². The van der Waals surface area contributed by atoms with Crippen LogP contribution in [-0.2, 0) is 0 Å². The van der Waals surface area contributed by atoms with Gasteiger partial charge < -0.3 is 15.2 Å². The zero-order valence-corrected chi connectivity index (χ0v) is 14.3. The van der Waals surface area contributed by atoms with Gasteiger partial charge in [-0.1, -0.05) is 5.69 Å². The Kier molecular flexibility index (Phi) is 11.9. The standard InChI is InChI=1S/C8H8NO2.2K/c1-9-7-4-2-3-6(5-7)8(10)11;;/h2-3,5,9H,1H3,(H,10,11);;/q-1;2*+1/p-1. The quantitative estimate of drug-likeness (QED) is 0.404. The Morgan fingerprint density at radius 3 is 2.62 bits per heavy atom. The molecule has 58 valence electrons. The van der Waals surface area contributed by atoms with Crippen LogP contribution in [0.5, 0.6) is 0 Å². The average molecular weight is 227 g/mol. The largest absolute Gasteiger partial charge is 1.00 e. The minimum Gasteiger partial charge on any atom is -0.547 e. The van der Waals surface area contributed by atoms with Crippen molar-refractivity contribution in [2.45, 2.75) is 0 Å². The van der Waals surface area contributed by atoms with Gasteiger partial charge >= 0.3 is 103 Å². The van der Waals surface area contributed by atoms with Crippen molar-refractivity contribution in [3.8, 4) is 0 Å². The molecule has 0 radical (unpaired) electrons. The summed E-state index contributed by atoms with van der Waals surface area (Å²) >= 11 is 0. The predicted molar refractivity (Wildman–Crippen MR) is 39.2 cm³/mol. The molecule has 0 bridgehead atoms. The van der Waals surface area contributed by atoms with E-state index in [4.69, 9.17) is 0 Å². The summed E-state index contributed by atoms with van der Waals surface area (Å²) in [5, 5.41) is 13.1. The molecule has 3 nitrogen and oxygen atoms in total. The van der Waals surface area contributed by atoms with Gasteiger partial charge in [0.05, 0.1) is 0 Å². The number of anilines is 1. The third-order valence-electron chi connectivity index (χ3n) is 1.31. The first kappa shape index (κ1) is 17.2. The molecule has 1 N–H and O–H groups in total. The Balaban J connectivity index is 0. The van der Waals surface area contributed by atoms with E-state index >= 15 is 0 Å². The summed E-state index contributed by atoms with van der Waals surface area (Å²) in [4.78, 5) is 10.3. The van der Waals surface area contributed by atoms with Crippen molar-refractivity contribution in [1.82, 2.24) is 0 Å². The molecule has 1 aromatic rings. The number of carboxylic acid groups (broad SMARTS) is 1. The minimum atomic E-state index is -1.17. The summed E-state index contributed by atoms with van der Waals surface area (Å²) in [5.74, 6) is -1.17. The summed E-state index contributed by atoms with van der Waals surface area (Å²) in [6.07, 6.45) is 0. The summed E-state index contributed by atoms with van der Waals surface area (Å²) in [5.41, 5.74) is 0.805. The van der Waals surface area contributed by atoms with Crippen LogP contribution < -0.4 is 113 Å². The van der Waals surface area contributed by atoms with Crippen LogP contribution in [0.25, 0.3) is 0 Å². The Hall–Kier alpha value is 1.76. The molecule has 0 aromatic heterocycles. The van der Waals surface area contributed by atoms with E-state index in [2.05, 4.69) is 11.4 Å². The molecular formula is C8H7K2NO2. The molecule has 1 aromatic carbocycles. The third-order valence-corrected chi connectivity index (χ3v) is 1.31. The molecule has 1 rings (SSSR count). The Morgan fingerprint density at radius 2 is 2.15 bits per heavy atom. The van der Waals surface area contributed by atoms with Crippen molar-refractivity contribution in [1.29, 1.82) is 0 Å². The van der Waals surface area contributed by atoms with E-state index in [1.165, 1.54) is 18.2 Å². The number of carbonyl (C=O) groups excluding carboxylic acids is 1. The number of carboxylic acids is 1. The first-order chi connectivity index (χ1) is 5.24. The fraction of sp³-hybridized carbons (Fsp3) is 0.125. The fourth-order valence-corrected chi connectivity index (χ4v) is 0.738. The van der Waals surface area contributed by atoms with E-state index in [-0.39, 0.29) is 108 Å². The van der Waals surface area contributed by atoms with Crippen LogP contribution in [-0.4, -0.2) is 13.0 Å². The van der Waals surface area contributed by atoms with E-state index in [0.29, 0.717) is 5.69 Å². The second kappa shape index (κ2) is 9.02. The van der Waals surface area contributed by atoms with E-state index in [0.717, 1.165) is 0 Å². The Morgan fingerprint density at radius 1 is 1.54 bits per heavy atom. The van der Waals surface area contributed by atoms with Crippen LogP contribution in [0, 0.1) is 6.07 Å². The first-order valence-electron chi connectivity index (χ1n) is 3.15. The molecule has 13 heavy (non-hydrogen) atoms. The normalized spacial score (nSPS) is 7.77. The number of nitrogens with one attached hydrogen (secondary N) is 1. The zero-order chi connectivity index (χ0) is 8.27. The maximum Gasteiger partial charge on any atom is 1.00 e. The first-order valence-corrected chi connectivity index (χ1v) is 3.15. The van der Waals surface area contributed by atoms with Crippen molar-refractivity contribution >= 4 is 11.7 Å². The monoisotopic (exact) mass is 227 g/mol. The molecule has 5 heteroatoms. The number of benzene rings is 1. The number of carbonyl (C=O) groups is 1. The van der Waals surface area contributed by atoms with Crippen LogP contribution in [0.2, 0.25) is 0 Å². The second-order valence-corrected chi connectivity index (χ2v) is 2.03. The molecule has 0 unspecified atom stereocenters. The van der Waals surface area contributed by atoms with Gasteiger partial charge in [0.2, 0.25) is 0 Å².